The van der Waals surface area contributed by atoms with Gasteiger partial charge in [0.1, 0.15) is 5.69 Å². The van der Waals surface area contributed by atoms with Gasteiger partial charge in [-0.15, -0.1) is 0 Å². The van der Waals surface area contributed by atoms with Crippen molar-refractivity contribution < 1.29 is 31.5 Å². The number of aryl methyl sites for hydroxylation is 1. The van der Waals surface area contributed by atoms with Gasteiger partial charge in [0.05, 0.1) is 30.6 Å². The highest BCUT2D eigenvalue weighted by atomic mass is 19.4. The molecule has 2 aliphatic rings. The standard InChI is InChI=1S/C29H33F5N6O2/c1-2-16-8-12-36-26(27(35)42)24(16)23(17-5-9-28(30,31)10-6-17)20-15-40-21(38-20)13-19(14-37-40)25(18-3-4-18)39-22(41)7-11-29(32,33)34/h8,12-15,17-18,23,25H,2-7,9-11H2,1H3,(H2,35,42)(H,39,41)/t23-,25-/m1/s1. The van der Waals surface area contributed by atoms with E-state index in [0.29, 0.717) is 28.9 Å². The van der Waals surface area contributed by atoms with E-state index in [1.165, 1.54) is 10.7 Å². The Morgan fingerprint density at radius 1 is 1.17 bits per heavy atom. The van der Waals surface area contributed by atoms with Gasteiger partial charge in [0, 0.05) is 31.4 Å². The molecule has 3 aromatic heterocycles. The third-order valence-corrected chi connectivity index (χ3v) is 8.32. The molecule has 2 atom stereocenters. The van der Waals surface area contributed by atoms with E-state index in [1.54, 1.807) is 24.5 Å². The maximum Gasteiger partial charge on any atom is 0.389 e. The largest absolute Gasteiger partial charge is 0.389 e. The fraction of sp³-hybridized carbons (Fsp3) is 0.552. The van der Waals surface area contributed by atoms with Crippen LogP contribution in [-0.2, 0) is 11.2 Å². The first kappa shape index (κ1) is 29.8. The summed E-state index contributed by atoms with van der Waals surface area (Å²) < 4.78 is 67.7. The summed E-state index contributed by atoms with van der Waals surface area (Å²) in [4.78, 5) is 33.9. The van der Waals surface area contributed by atoms with Gasteiger partial charge >= 0.3 is 6.18 Å². The SMILES string of the molecule is CCc1ccnc(C(N)=O)c1[C@@H](c1cn2ncc([C@H](NC(=O)CCC(F)(F)F)C3CC3)cc2n1)C1CCC(F)(F)CC1. The van der Waals surface area contributed by atoms with Crippen molar-refractivity contribution in [1.29, 1.82) is 0 Å². The van der Waals surface area contributed by atoms with Crippen molar-refractivity contribution in [2.24, 2.45) is 17.6 Å². The zero-order chi connectivity index (χ0) is 30.2. The second-order valence-electron chi connectivity index (χ2n) is 11.4. The summed E-state index contributed by atoms with van der Waals surface area (Å²) in [5.41, 5.74) is 8.77. The van der Waals surface area contributed by atoms with Crippen LogP contribution in [0, 0.1) is 11.8 Å². The molecule has 42 heavy (non-hydrogen) atoms. The summed E-state index contributed by atoms with van der Waals surface area (Å²) in [7, 11) is 0. The Bertz CT molecular complexity index is 1460. The number of pyridine rings is 1. The van der Waals surface area contributed by atoms with Crippen LogP contribution in [0.1, 0.15) is 103 Å². The molecule has 5 rings (SSSR count). The molecule has 8 nitrogen and oxygen atoms in total. The van der Waals surface area contributed by atoms with Gasteiger partial charge in [0.2, 0.25) is 11.8 Å². The number of imidazole rings is 1. The van der Waals surface area contributed by atoms with Crippen LogP contribution >= 0.6 is 0 Å². The molecule has 3 N–H and O–H groups in total. The predicted molar refractivity (Wildman–Crippen MR) is 143 cm³/mol. The normalized spacial score (nSPS) is 19.0. The van der Waals surface area contributed by atoms with E-state index in [4.69, 9.17) is 10.7 Å². The van der Waals surface area contributed by atoms with Crippen LogP contribution in [0.3, 0.4) is 0 Å². The molecule has 0 saturated heterocycles. The van der Waals surface area contributed by atoms with Crippen LogP contribution < -0.4 is 11.1 Å². The highest BCUT2D eigenvalue weighted by Gasteiger charge is 2.41. The fourth-order valence-corrected chi connectivity index (χ4v) is 6.02. The summed E-state index contributed by atoms with van der Waals surface area (Å²) in [5, 5.41) is 7.20. The summed E-state index contributed by atoms with van der Waals surface area (Å²) in [6.07, 6.45) is 0.533. The van der Waals surface area contributed by atoms with Crippen LogP contribution in [0.4, 0.5) is 22.0 Å². The maximum absolute atomic E-state index is 14.2. The van der Waals surface area contributed by atoms with Gasteiger partial charge < -0.3 is 11.1 Å². The lowest BCUT2D eigenvalue weighted by Crippen LogP contribution is -2.30. The number of nitrogens with zero attached hydrogens (tertiary/aromatic N) is 4. The number of carbonyl (C=O) groups excluding carboxylic acids is 2. The summed E-state index contributed by atoms with van der Waals surface area (Å²) in [5.74, 6) is -4.88. The second-order valence-corrected chi connectivity index (χ2v) is 11.4. The third-order valence-electron chi connectivity index (χ3n) is 8.32. The minimum Gasteiger partial charge on any atom is -0.364 e. The number of halogens is 5. The molecule has 0 radical (unpaired) electrons. The van der Waals surface area contributed by atoms with Crippen LogP contribution in [0.5, 0.6) is 0 Å². The monoisotopic (exact) mass is 592 g/mol. The molecule has 226 valence electrons. The van der Waals surface area contributed by atoms with Crippen molar-refractivity contribution >= 4 is 17.5 Å². The number of alkyl halides is 5. The lowest BCUT2D eigenvalue weighted by molar-refractivity contribution is -0.144. The lowest BCUT2D eigenvalue weighted by Gasteiger charge is -2.34. The van der Waals surface area contributed by atoms with Gasteiger partial charge in [0.15, 0.2) is 5.65 Å². The molecular weight excluding hydrogens is 559 g/mol. The number of amides is 2. The maximum atomic E-state index is 14.2. The van der Waals surface area contributed by atoms with E-state index >= 15 is 0 Å². The Kier molecular flexibility index (Phi) is 8.21. The van der Waals surface area contributed by atoms with Crippen molar-refractivity contribution in [2.75, 3.05) is 0 Å². The molecule has 0 spiro atoms. The molecule has 3 aromatic rings. The average molecular weight is 593 g/mol. The quantitative estimate of drug-likeness (QED) is 0.295. The topological polar surface area (TPSA) is 115 Å². The van der Waals surface area contributed by atoms with E-state index in [1.807, 2.05) is 6.92 Å². The fourth-order valence-electron chi connectivity index (χ4n) is 6.02. The third kappa shape index (κ3) is 6.70. The minimum absolute atomic E-state index is 0.0794. The number of nitrogens with two attached hydrogens (primary N) is 1. The first-order chi connectivity index (χ1) is 19.8. The van der Waals surface area contributed by atoms with Crippen LogP contribution in [0.2, 0.25) is 0 Å². The molecule has 0 aliphatic heterocycles. The van der Waals surface area contributed by atoms with Gasteiger partial charge in [-0.2, -0.15) is 18.3 Å². The molecular formula is C29H33F5N6O2. The lowest BCUT2D eigenvalue weighted by atomic mass is 9.72. The van der Waals surface area contributed by atoms with Gasteiger partial charge in [-0.25, -0.2) is 18.3 Å². The van der Waals surface area contributed by atoms with Crippen molar-refractivity contribution in [3.8, 4) is 0 Å². The van der Waals surface area contributed by atoms with E-state index in [2.05, 4.69) is 15.4 Å². The predicted octanol–water partition coefficient (Wildman–Crippen LogP) is 5.65. The minimum atomic E-state index is -4.43. The summed E-state index contributed by atoms with van der Waals surface area (Å²) in [6.45, 7) is 1.92. The van der Waals surface area contributed by atoms with E-state index in [9.17, 15) is 31.5 Å². The Labute approximate surface area is 239 Å². The molecule has 2 fully saturated rings. The number of hydrogen-bond donors (Lipinski definition) is 2. The number of hydrogen-bond acceptors (Lipinski definition) is 5. The first-order valence-corrected chi connectivity index (χ1v) is 14.2. The molecule has 0 bridgehead atoms. The Balaban J connectivity index is 1.51. The molecule has 0 unspecified atom stereocenters. The Morgan fingerprint density at radius 2 is 1.88 bits per heavy atom. The van der Waals surface area contributed by atoms with Crippen molar-refractivity contribution in [3.63, 3.8) is 0 Å². The number of nitrogens with one attached hydrogen (secondary N) is 1. The molecule has 2 aliphatic carbocycles. The molecule has 13 heteroatoms. The highest BCUT2D eigenvalue weighted by molar-refractivity contribution is 5.93. The van der Waals surface area contributed by atoms with E-state index in [-0.39, 0.29) is 43.2 Å². The van der Waals surface area contributed by atoms with Gasteiger partial charge in [-0.05, 0) is 72.8 Å². The van der Waals surface area contributed by atoms with Gasteiger partial charge in [-0.1, -0.05) is 6.92 Å². The van der Waals surface area contributed by atoms with E-state index < -0.39 is 48.7 Å². The number of carbonyl (C=O) groups is 2. The van der Waals surface area contributed by atoms with Crippen molar-refractivity contribution in [3.05, 3.63) is 58.8 Å². The number of aromatic nitrogens is 4. The van der Waals surface area contributed by atoms with Gasteiger partial charge in [0.25, 0.3) is 5.91 Å². The smallest absolute Gasteiger partial charge is 0.364 e. The van der Waals surface area contributed by atoms with E-state index in [0.717, 1.165) is 18.4 Å². The van der Waals surface area contributed by atoms with Crippen LogP contribution in [-0.4, -0.2) is 43.5 Å². The molecule has 0 aromatic carbocycles. The van der Waals surface area contributed by atoms with Gasteiger partial charge in [-0.3, -0.25) is 14.6 Å². The molecule has 3 heterocycles. The summed E-state index contributed by atoms with van der Waals surface area (Å²) in [6, 6.07) is 3.01. The zero-order valence-electron chi connectivity index (χ0n) is 23.1. The van der Waals surface area contributed by atoms with Crippen molar-refractivity contribution in [2.45, 2.75) is 88.8 Å². The number of rotatable bonds is 10. The second kappa shape index (κ2) is 11.6. The van der Waals surface area contributed by atoms with Crippen LogP contribution in [0.15, 0.2) is 30.7 Å². The summed E-state index contributed by atoms with van der Waals surface area (Å²) >= 11 is 0. The average Bonchev–Trinajstić information content (AvgIpc) is 3.69. The van der Waals surface area contributed by atoms with Crippen molar-refractivity contribution in [1.82, 2.24) is 24.9 Å². The zero-order valence-corrected chi connectivity index (χ0v) is 23.1. The Morgan fingerprint density at radius 3 is 2.50 bits per heavy atom. The molecule has 2 amide bonds. The highest BCUT2D eigenvalue weighted by Crippen LogP contribution is 2.46. The number of primary amides is 1. The first-order valence-electron chi connectivity index (χ1n) is 14.2. The number of fused-ring (bicyclic) bond motifs is 1. The Hall–Kier alpha value is -3.64. The molecule has 2 saturated carbocycles. The van der Waals surface area contributed by atoms with Crippen LogP contribution in [0.25, 0.3) is 5.65 Å².